The molecule has 2 rings (SSSR count). The summed E-state index contributed by atoms with van der Waals surface area (Å²) in [5.74, 6) is 1.58. The molecule has 0 bridgehead atoms. The zero-order chi connectivity index (χ0) is 13.7. The zero-order valence-corrected chi connectivity index (χ0v) is 11.9. The summed E-state index contributed by atoms with van der Waals surface area (Å²) in [6.45, 7) is 9.27. The molecular weight excluding hydrogens is 240 g/mol. The van der Waals surface area contributed by atoms with Gasteiger partial charge in [-0.2, -0.15) is 5.10 Å². The van der Waals surface area contributed by atoms with E-state index in [2.05, 4.69) is 46.0 Å². The summed E-state index contributed by atoms with van der Waals surface area (Å²) in [4.78, 5) is 4.54. The number of rotatable bonds is 5. The lowest BCUT2D eigenvalue weighted by atomic mass is 10.1. The van der Waals surface area contributed by atoms with Gasteiger partial charge in [0.2, 0.25) is 0 Å². The maximum atomic E-state index is 8.93. The first-order valence-electron chi connectivity index (χ1n) is 7.10. The monoisotopic (exact) mass is 264 g/mol. The molecule has 5 heteroatoms. The van der Waals surface area contributed by atoms with Gasteiger partial charge in [0.1, 0.15) is 0 Å². The molecule has 0 radical (unpaired) electrons. The number of nitrogens with zero attached hydrogens (tertiary/aromatic N) is 4. The predicted octanol–water partition coefficient (Wildman–Crippen LogP) is 0.789. The van der Waals surface area contributed by atoms with Crippen molar-refractivity contribution in [1.29, 1.82) is 0 Å². The van der Waals surface area contributed by atoms with Gasteiger partial charge in [0.25, 0.3) is 0 Å². The van der Waals surface area contributed by atoms with E-state index < -0.39 is 0 Å². The van der Waals surface area contributed by atoms with Crippen LogP contribution >= 0.6 is 0 Å². The summed E-state index contributed by atoms with van der Waals surface area (Å²) >= 11 is 0. The van der Waals surface area contributed by atoms with Crippen molar-refractivity contribution in [2.45, 2.75) is 20.3 Å². The summed E-state index contributed by atoms with van der Waals surface area (Å²) in [5, 5.41) is 17.6. The van der Waals surface area contributed by atoms with Gasteiger partial charge in [-0.05, 0) is 24.5 Å². The highest BCUT2D eigenvalue weighted by Gasteiger charge is 2.17. The molecule has 1 aliphatic rings. The summed E-state index contributed by atoms with van der Waals surface area (Å²) in [6.07, 6.45) is 0.984. The lowest BCUT2D eigenvalue weighted by Crippen LogP contribution is -2.47. The van der Waals surface area contributed by atoms with Gasteiger partial charge < -0.3 is 10.0 Å². The van der Waals surface area contributed by atoms with Crippen molar-refractivity contribution in [2.24, 2.45) is 5.92 Å². The number of hydrogen-bond acceptors (Lipinski definition) is 5. The van der Waals surface area contributed by atoms with Crippen LogP contribution in [-0.4, -0.2) is 59.5 Å². The molecule has 0 spiro atoms. The van der Waals surface area contributed by atoms with Crippen LogP contribution in [0, 0.1) is 5.92 Å². The van der Waals surface area contributed by atoms with Crippen molar-refractivity contribution in [2.75, 3.05) is 44.2 Å². The van der Waals surface area contributed by atoms with Gasteiger partial charge in [0, 0.05) is 32.7 Å². The maximum absolute atomic E-state index is 8.93. The zero-order valence-electron chi connectivity index (χ0n) is 11.9. The maximum Gasteiger partial charge on any atom is 0.151 e. The Bertz CT molecular complexity index is 372. The third-order valence-electron chi connectivity index (χ3n) is 3.44. The van der Waals surface area contributed by atoms with Gasteiger partial charge in [0.05, 0.1) is 12.3 Å². The Hall–Kier alpha value is -1.20. The quantitative estimate of drug-likeness (QED) is 0.852. The van der Waals surface area contributed by atoms with Gasteiger partial charge in [-0.3, -0.25) is 4.90 Å². The van der Waals surface area contributed by atoms with Crippen molar-refractivity contribution in [3.63, 3.8) is 0 Å². The van der Waals surface area contributed by atoms with E-state index in [4.69, 9.17) is 5.11 Å². The Balaban J connectivity index is 1.89. The SMILES string of the molecule is CC(C)Cc1ccc(N2CCN(CCO)CC2)nn1. The molecule has 0 amide bonds. The molecule has 1 aromatic heterocycles. The third-order valence-corrected chi connectivity index (χ3v) is 3.44. The first-order valence-corrected chi connectivity index (χ1v) is 7.10. The van der Waals surface area contributed by atoms with Crippen LogP contribution in [0.3, 0.4) is 0 Å². The Morgan fingerprint density at radius 2 is 1.89 bits per heavy atom. The van der Waals surface area contributed by atoms with Crippen LogP contribution in [-0.2, 0) is 6.42 Å². The van der Waals surface area contributed by atoms with Gasteiger partial charge in [-0.15, -0.1) is 5.10 Å². The molecule has 2 heterocycles. The van der Waals surface area contributed by atoms with Gasteiger partial charge in [-0.1, -0.05) is 13.8 Å². The first kappa shape index (κ1) is 14.2. The molecule has 0 saturated carbocycles. The summed E-state index contributed by atoms with van der Waals surface area (Å²) < 4.78 is 0. The van der Waals surface area contributed by atoms with Gasteiger partial charge in [-0.25, -0.2) is 0 Å². The molecule has 19 heavy (non-hydrogen) atoms. The van der Waals surface area contributed by atoms with E-state index >= 15 is 0 Å². The van der Waals surface area contributed by atoms with Crippen LogP contribution in [0.1, 0.15) is 19.5 Å². The molecule has 0 aromatic carbocycles. The smallest absolute Gasteiger partial charge is 0.151 e. The molecule has 0 atom stereocenters. The molecule has 1 aliphatic heterocycles. The number of aromatic nitrogens is 2. The van der Waals surface area contributed by atoms with E-state index in [1.165, 1.54) is 0 Å². The van der Waals surface area contributed by atoms with Gasteiger partial charge in [0.15, 0.2) is 5.82 Å². The van der Waals surface area contributed by atoms with E-state index in [1.807, 2.05) is 0 Å². The molecule has 1 aromatic rings. The van der Waals surface area contributed by atoms with Crippen LogP contribution in [0.25, 0.3) is 0 Å². The van der Waals surface area contributed by atoms with Crippen molar-refractivity contribution in [3.8, 4) is 0 Å². The number of piperazine rings is 1. The first-order chi connectivity index (χ1) is 9.19. The number of anilines is 1. The topological polar surface area (TPSA) is 52.5 Å². The van der Waals surface area contributed by atoms with Crippen LogP contribution in [0.4, 0.5) is 5.82 Å². The molecular formula is C14H24N4O. The van der Waals surface area contributed by atoms with E-state index in [0.29, 0.717) is 5.92 Å². The van der Waals surface area contributed by atoms with Crippen molar-refractivity contribution < 1.29 is 5.11 Å². The highest BCUT2D eigenvalue weighted by atomic mass is 16.3. The Morgan fingerprint density at radius 1 is 1.16 bits per heavy atom. The second kappa shape index (κ2) is 6.82. The third kappa shape index (κ3) is 4.14. The largest absolute Gasteiger partial charge is 0.395 e. The van der Waals surface area contributed by atoms with Crippen LogP contribution in [0.2, 0.25) is 0 Å². The Kier molecular flexibility index (Phi) is 5.10. The molecule has 5 nitrogen and oxygen atoms in total. The van der Waals surface area contributed by atoms with Crippen molar-refractivity contribution in [3.05, 3.63) is 17.8 Å². The Morgan fingerprint density at radius 3 is 2.42 bits per heavy atom. The van der Waals surface area contributed by atoms with E-state index in [0.717, 1.165) is 50.7 Å². The summed E-state index contributed by atoms with van der Waals surface area (Å²) in [7, 11) is 0. The average Bonchev–Trinajstić information content (AvgIpc) is 2.40. The fourth-order valence-electron chi connectivity index (χ4n) is 2.39. The summed E-state index contributed by atoms with van der Waals surface area (Å²) in [5.41, 5.74) is 1.07. The van der Waals surface area contributed by atoms with E-state index in [-0.39, 0.29) is 6.61 Å². The van der Waals surface area contributed by atoms with Crippen molar-refractivity contribution >= 4 is 5.82 Å². The summed E-state index contributed by atoms with van der Waals surface area (Å²) in [6, 6.07) is 4.16. The minimum atomic E-state index is 0.240. The molecule has 106 valence electrons. The lowest BCUT2D eigenvalue weighted by Gasteiger charge is -2.34. The predicted molar refractivity (Wildman–Crippen MR) is 76.3 cm³/mol. The Labute approximate surface area is 115 Å². The van der Waals surface area contributed by atoms with E-state index in [1.54, 1.807) is 0 Å². The highest BCUT2D eigenvalue weighted by Crippen LogP contribution is 2.13. The van der Waals surface area contributed by atoms with Crippen LogP contribution in [0.15, 0.2) is 12.1 Å². The normalized spacial score (nSPS) is 17.2. The number of hydrogen-bond donors (Lipinski definition) is 1. The molecule has 1 fully saturated rings. The lowest BCUT2D eigenvalue weighted by molar-refractivity contribution is 0.188. The average molecular weight is 264 g/mol. The molecule has 1 N–H and O–H groups in total. The molecule has 1 saturated heterocycles. The molecule has 0 unspecified atom stereocenters. The number of β-amino-alcohol motifs (C(OH)–C–C–N with tert-alkyl or cyclic N) is 1. The highest BCUT2D eigenvalue weighted by molar-refractivity contribution is 5.37. The molecule has 0 aliphatic carbocycles. The second-order valence-corrected chi connectivity index (χ2v) is 5.53. The number of aliphatic hydroxyl groups excluding tert-OH is 1. The fourth-order valence-corrected chi connectivity index (χ4v) is 2.39. The fraction of sp³-hybridized carbons (Fsp3) is 0.714. The minimum absolute atomic E-state index is 0.240. The van der Waals surface area contributed by atoms with Crippen LogP contribution in [0.5, 0.6) is 0 Å². The number of aliphatic hydroxyl groups is 1. The standard InChI is InChI=1S/C14H24N4O/c1-12(2)11-13-3-4-14(16-15-13)18-7-5-17(6-8-18)9-10-19/h3-4,12,19H,5-11H2,1-2H3. The van der Waals surface area contributed by atoms with Crippen molar-refractivity contribution in [1.82, 2.24) is 15.1 Å². The van der Waals surface area contributed by atoms with E-state index in [9.17, 15) is 0 Å². The van der Waals surface area contributed by atoms with Gasteiger partial charge >= 0.3 is 0 Å². The van der Waals surface area contributed by atoms with Crippen LogP contribution < -0.4 is 4.90 Å². The second-order valence-electron chi connectivity index (χ2n) is 5.53. The minimum Gasteiger partial charge on any atom is -0.395 e.